The van der Waals surface area contributed by atoms with E-state index in [1.165, 1.54) is 6.21 Å². The first-order chi connectivity index (χ1) is 13.3. The Morgan fingerprint density at radius 1 is 1.30 bits per heavy atom. The molecule has 0 aliphatic heterocycles. The van der Waals surface area contributed by atoms with E-state index >= 15 is 0 Å². The van der Waals surface area contributed by atoms with Crippen LogP contribution < -0.4 is 5.32 Å². The molecule has 7 heteroatoms. The van der Waals surface area contributed by atoms with Gasteiger partial charge in [0.15, 0.2) is 0 Å². The lowest BCUT2D eigenvalue weighted by atomic mass is 10.2. The Kier molecular flexibility index (Phi) is 4.37. The summed E-state index contributed by atoms with van der Waals surface area (Å²) in [7, 11) is 0. The van der Waals surface area contributed by atoms with Crippen molar-refractivity contribution >= 4 is 34.0 Å². The number of benzene rings is 1. The van der Waals surface area contributed by atoms with Crippen LogP contribution in [0.15, 0.2) is 55.0 Å². The van der Waals surface area contributed by atoms with Gasteiger partial charge in [-0.3, -0.25) is 4.57 Å². The lowest BCUT2D eigenvalue weighted by Gasteiger charge is -2.11. The Bertz CT molecular complexity index is 1180. The van der Waals surface area contributed by atoms with Crippen LogP contribution in [-0.2, 0) is 0 Å². The Balaban J connectivity index is 1.98. The van der Waals surface area contributed by atoms with Gasteiger partial charge in [0.2, 0.25) is 0 Å². The second-order valence-electron chi connectivity index (χ2n) is 5.94. The lowest BCUT2D eigenvalue weighted by molar-refractivity contribution is 0.857. The first kappa shape index (κ1) is 16.5. The number of fused-ring (bicyclic) bond motifs is 3. The number of imidazole rings is 1. The number of nitrogens with one attached hydrogen (secondary N) is 3. The number of aromatic amines is 1. The highest BCUT2D eigenvalue weighted by Crippen LogP contribution is 2.31. The van der Waals surface area contributed by atoms with Crippen LogP contribution in [0.25, 0.3) is 39.2 Å². The van der Waals surface area contributed by atoms with Crippen molar-refractivity contribution in [2.24, 2.45) is 0 Å². The maximum absolute atomic E-state index is 8.72. The average molecular weight is 355 g/mol. The quantitative estimate of drug-likeness (QED) is 0.363. The van der Waals surface area contributed by atoms with Crippen LogP contribution in [0.3, 0.4) is 0 Å². The molecule has 0 saturated heterocycles. The first-order valence-corrected chi connectivity index (χ1v) is 8.55. The Morgan fingerprint density at radius 2 is 2.15 bits per heavy atom. The zero-order valence-electron chi connectivity index (χ0n) is 14.5. The summed E-state index contributed by atoms with van der Waals surface area (Å²) in [5.41, 5.74) is 3.98. The van der Waals surface area contributed by atoms with E-state index in [4.69, 9.17) is 15.7 Å². The van der Waals surface area contributed by atoms with E-state index in [9.17, 15) is 0 Å². The van der Waals surface area contributed by atoms with Gasteiger partial charge in [0.25, 0.3) is 0 Å². The summed E-state index contributed by atoms with van der Waals surface area (Å²) >= 11 is 0. The number of aromatic nitrogens is 4. The summed E-state index contributed by atoms with van der Waals surface area (Å²) in [6.07, 6.45) is 7.00. The van der Waals surface area contributed by atoms with Crippen LogP contribution in [0, 0.1) is 16.7 Å². The van der Waals surface area contributed by atoms with Crippen molar-refractivity contribution in [1.29, 1.82) is 10.7 Å². The van der Waals surface area contributed by atoms with Crippen molar-refractivity contribution in [2.45, 2.75) is 6.42 Å². The molecule has 4 rings (SSSR count). The molecule has 0 radical (unpaired) electrons. The van der Waals surface area contributed by atoms with E-state index < -0.39 is 0 Å². The number of pyridine rings is 1. The minimum absolute atomic E-state index is 0.393. The van der Waals surface area contributed by atoms with Gasteiger partial charge in [0.1, 0.15) is 17.0 Å². The number of hydrogen-bond donors (Lipinski definition) is 3. The zero-order valence-corrected chi connectivity index (χ0v) is 14.5. The molecule has 0 aliphatic carbocycles. The van der Waals surface area contributed by atoms with Gasteiger partial charge in [-0.1, -0.05) is 30.3 Å². The van der Waals surface area contributed by atoms with Crippen molar-refractivity contribution in [2.75, 3.05) is 6.54 Å². The van der Waals surface area contributed by atoms with E-state index in [0.29, 0.717) is 18.7 Å². The van der Waals surface area contributed by atoms with Gasteiger partial charge < -0.3 is 15.7 Å². The van der Waals surface area contributed by atoms with Gasteiger partial charge in [-0.15, -0.1) is 0 Å². The summed E-state index contributed by atoms with van der Waals surface area (Å²) in [5.74, 6) is 0.734. The number of H-pyrrole nitrogens is 1. The van der Waals surface area contributed by atoms with E-state index in [2.05, 4.69) is 21.4 Å². The van der Waals surface area contributed by atoms with E-state index in [1.807, 2.05) is 47.2 Å². The van der Waals surface area contributed by atoms with Crippen molar-refractivity contribution in [3.8, 4) is 17.5 Å². The Morgan fingerprint density at radius 3 is 2.93 bits per heavy atom. The summed E-state index contributed by atoms with van der Waals surface area (Å²) in [5, 5.41) is 20.7. The number of rotatable bonds is 6. The number of nitriles is 1. The maximum atomic E-state index is 8.72. The molecule has 132 valence electrons. The predicted molar refractivity (Wildman–Crippen MR) is 106 cm³/mol. The molecular weight excluding hydrogens is 338 g/mol. The molecule has 4 aromatic rings. The summed E-state index contributed by atoms with van der Waals surface area (Å²) in [4.78, 5) is 12.3. The fraction of sp³-hybridized carbons (Fsp3) is 0.100. The molecular formula is C20H17N7. The lowest BCUT2D eigenvalue weighted by Crippen LogP contribution is -2.11. The summed E-state index contributed by atoms with van der Waals surface area (Å²) < 4.78 is 1.95. The third-order valence-electron chi connectivity index (χ3n) is 4.27. The third kappa shape index (κ3) is 2.93. The third-order valence-corrected chi connectivity index (χ3v) is 4.27. The monoisotopic (exact) mass is 355 g/mol. The molecule has 27 heavy (non-hydrogen) atoms. The summed E-state index contributed by atoms with van der Waals surface area (Å²) in [6.45, 7) is 0.516. The molecule has 3 heterocycles. The molecule has 0 unspecified atom stereocenters. The fourth-order valence-electron chi connectivity index (χ4n) is 3.08. The topological polar surface area (TPSA) is 106 Å². The minimum Gasteiger partial charge on any atom is -0.388 e. The van der Waals surface area contributed by atoms with Gasteiger partial charge in [-0.25, -0.2) is 9.97 Å². The smallest absolute Gasteiger partial charge is 0.145 e. The molecule has 3 N–H and O–H groups in total. The molecule has 1 aromatic carbocycles. The second-order valence-corrected chi connectivity index (χ2v) is 5.94. The number of allylic oxidation sites excluding steroid dienone is 1. The molecule has 0 atom stereocenters. The molecule has 0 spiro atoms. The molecule has 0 aliphatic rings. The first-order valence-electron chi connectivity index (χ1n) is 8.55. The van der Waals surface area contributed by atoms with E-state index in [-0.39, 0.29) is 0 Å². The second kappa shape index (κ2) is 7.14. The van der Waals surface area contributed by atoms with E-state index in [0.717, 1.165) is 33.5 Å². The van der Waals surface area contributed by atoms with Crippen LogP contribution in [0.5, 0.6) is 0 Å². The number of hydrogen-bond acceptors (Lipinski definition) is 5. The van der Waals surface area contributed by atoms with Crippen LogP contribution >= 0.6 is 0 Å². The van der Waals surface area contributed by atoms with Crippen LogP contribution in [0.1, 0.15) is 6.42 Å². The van der Waals surface area contributed by atoms with Gasteiger partial charge in [0.05, 0.1) is 29.9 Å². The van der Waals surface area contributed by atoms with Crippen molar-refractivity contribution < 1.29 is 0 Å². The molecule has 7 nitrogen and oxygen atoms in total. The molecule has 3 aromatic heterocycles. The SMILES string of the molecule is N#CCCN/C=C(\C=N)n1c(-c2ccccc2)nc2cnc3[nH]ccc3c21. The van der Waals surface area contributed by atoms with Crippen molar-refractivity contribution in [1.82, 2.24) is 24.8 Å². The molecule has 0 fully saturated rings. The van der Waals surface area contributed by atoms with E-state index in [1.54, 1.807) is 12.4 Å². The van der Waals surface area contributed by atoms with Crippen LogP contribution in [0.4, 0.5) is 0 Å². The maximum Gasteiger partial charge on any atom is 0.145 e. The highest BCUT2D eigenvalue weighted by atomic mass is 15.1. The van der Waals surface area contributed by atoms with Crippen molar-refractivity contribution in [3.63, 3.8) is 0 Å². The highest BCUT2D eigenvalue weighted by molar-refractivity contribution is 6.10. The van der Waals surface area contributed by atoms with Gasteiger partial charge in [0, 0.05) is 36.1 Å². The zero-order chi connectivity index (χ0) is 18.6. The summed E-state index contributed by atoms with van der Waals surface area (Å²) in [6, 6.07) is 13.9. The molecule has 0 amide bonds. The predicted octanol–water partition coefficient (Wildman–Crippen LogP) is 3.53. The van der Waals surface area contributed by atoms with Gasteiger partial charge in [-0.2, -0.15) is 5.26 Å². The number of nitrogens with zero attached hydrogens (tertiary/aromatic N) is 4. The average Bonchev–Trinajstić information content (AvgIpc) is 3.33. The van der Waals surface area contributed by atoms with Crippen molar-refractivity contribution in [3.05, 3.63) is 55.0 Å². The molecule has 0 bridgehead atoms. The Labute approximate surface area is 155 Å². The normalized spacial score (nSPS) is 11.6. The van der Waals surface area contributed by atoms with Crippen LogP contribution in [0.2, 0.25) is 0 Å². The minimum atomic E-state index is 0.393. The largest absolute Gasteiger partial charge is 0.388 e. The standard InChI is InChI=1S/C20H17N7/c21-8-4-9-23-12-15(11-22)27-18-16-7-10-24-19(16)25-13-17(18)26-20(27)14-5-2-1-3-6-14/h1-3,5-7,10-13,22-23H,4,9H2,(H,24,25)/b15-12+,22-11?. The van der Waals surface area contributed by atoms with Gasteiger partial charge in [-0.05, 0) is 6.07 Å². The highest BCUT2D eigenvalue weighted by Gasteiger charge is 2.18. The van der Waals surface area contributed by atoms with Gasteiger partial charge >= 0.3 is 0 Å². The molecule has 0 saturated carbocycles. The van der Waals surface area contributed by atoms with Crippen LogP contribution in [-0.4, -0.2) is 32.3 Å². The fourth-order valence-corrected chi connectivity index (χ4v) is 3.08. The Hall–Kier alpha value is -3.92.